The Kier molecular flexibility index (Phi) is 8.12. The van der Waals surface area contributed by atoms with Crippen molar-refractivity contribution in [2.75, 3.05) is 32.8 Å². The molecule has 1 unspecified atom stereocenters. The summed E-state index contributed by atoms with van der Waals surface area (Å²) >= 11 is 1.38. The summed E-state index contributed by atoms with van der Waals surface area (Å²) in [6.07, 6.45) is 8.03. The van der Waals surface area contributed by atoms with Crippen LogP contribution in [0.15, 0.2) is 23.0 Å². The van der Waals surface area contributed by atoms with Crippen LogP contribution in [0.1, 0.15) is 63.6 Å². The molecule has 1 amide bonds. The van der Waals surface area contributed by atoms with Crippen molar-refractivity contribution in [2.24, 2.45) is 5.41 Å². The average molecular weight is 556 g/mol. The first-order valence-corrected chi connectivity index (χ1v) is 14.3. The number of thioether (sulfide) groups is 1. The Morgan fingerprint density at radius 1 is 1.16 bits per heavy atom. The maximum atomic E-state index is 12.6. The van der Waals surface area contributed by atoms with Gasteiger partial charge >= 0.3 is 6.18 Å². The second-order valence-electron chi connectivity index (χ2n) is 11.1. The molecule has 0 spiro atoms. The van der Waals surface area contributed by atoms with E-state index in [-0.39, 0.29) is 18.1 Å². The molecular formula is C26H36F3N5O3S. The first-order valence-electron chi connectivity index (χ1n) is 13.4. The normalized spacial score (nSPS) is 29.5. The van der Waals surface area contributed by atoms with Crippen LogP contribution in [0.4, 0.5) is 13.2 Å². The van der Waals surface area contributed by atoms with E-state index in [1.54, 1.807) is 19.3 Å². The molecule has 1 atom stereocenters. The highest BCUT2D eigenvalue weighted by molar-refractivity contribution is 8.03. The van der Waals surface area contributed by atoms with Gasteiger partial charge in [0, 0.05) is 35.7 Å². The summed E-state index contributed by atoms with van der Waals surface area (Å²) in [5.41, 5.74) is 0.624. The molecule has 3 aliphatic carbocycles. The van der Waals surface area contributed by atoms with Crippen LogP contribution in [0.25, 0.3) is 0 Å². The molecule has 0 aromatic carbocycles. The van der Waals surface area contributed by atoms with Crippen LogP contribution in [0.3, 0.4) is 0 Å². The molecule has 8 nitrogen and oxygen atoms in total. The number of halogens is 3. The maximum absolute atomic E-state index is 12.6. The van der Waals surface area contributed by atoms with Crippen molar-refractivity contribution in [1.82, 2.24) is 25.5 Å². The minimum atomic E-state index is -4.31. The summed E-state index contributed by atoms with van der Waals surface area (Å²) in [5.74, 6) is 1.06. The van der Waals surface area contributed by atoms with Crippen molar-refractivity contribution in [3.63, 3.8) is 0 Å². The van der Waals surface area contributed by atoms with Crippen LogP contribution in [0.2, 0.25) is 0 Å². The van der Waals surface area contributed by atoms with Crippen LogP contribution in [0.5, 0.6) is 5.75 Å². The molecule has 3 saturated carbocycles. The fraction of sp³-hybridized carbons (Fsp3) is 0.731. The number of aryl methyl sites for hydroxylation is 1. The highest BCUT2D eigenvalue weighted by Gasteiger charge is 2.49. The summed E-state index contributed by atoms with van der Waals surface area (Å²) in [5, 5.41) is 6.41. The van der Waals surface area contributed by atoms with E-state index < -0.39 is 18.3 Å². The third-order valence-corrected chi connectivity index (χ3v) is 9.70. The first-order chi connectivity index (χ1) is 18.1. The number of fused-ring (bicyclic) bond motifs is 3. The molecule has 3 fully saturated rings. The number of nitrogens with one attached hydrogen (secondary N) is 2. The molecule has 3 heterocycles. The smallest absolute Gasteiger partial charge is 0.411 e. The Labute approximate surface area is 225 Å². The van der Waals surface area contributed by atoms with Crippen LogP contribution >= 0.6 is 11.8 Å². The first kappa shape index (κ1) is 27.5. The Morgan fingerprint density at radius 2 is 1.84 bits per heavy atom. The minimum Gasteiger partial charge on any atom is -0.481 e. The topological polar surface area (TPSA) is 88.6 Å². The van der Waals surface area contributed by atoms with Gasteiger partial charge in [-0.05, 0) is 70.3 Å². The second kappa shape index (κ2) is 11.2. The maximum Gasteiger partial charge on any atom is 0.411 e. The van der Waals surface area contributed by atoms with Gasteiger partial charge in [-0.25, -0.2) is 9.97 Å². The van der Waals surface area contributed by atoms with E-state index in [0.29, 0.717) is 17.0 Å². The summed E-state index contributed by atoms with van der Waals surface area (Å²) in [6.45, 7) is 3.39. The molecule has 38 heavy (non-hydrogen) atoms. The van der Waals surface area contributed by atoms with E-state index in [2.05, 4.69) is 25.5 Å². The molecular weight excluding hydrogens is 519 g/mol. The zero-order valence-electron chi connectivity index (χ0n) is 21.7. The molecule has 5 aliphatic rings. The molecule has 12 heteroatoms. The molecule has 0 saturated heterocycles. The predicted octanol–water partition coefficient (Wildman–Crippen LogP) is 4.27. The lowest BCUT2D eigenvalue weighted by atomic mass is 9.56. The highest BCUT2D eigenvalue weighted by atomic mass is 32.2. The zero-order chi connectivity index (χ0) is 26.8. The highest BCUT2D eigenvalue weighted by Crippen LogP contribution is 2.54. The number of hydrogen-bond acceptors (Lipinski definition) is 8. The summed E-state index contributed by atoms with van der Waals surface area (Å²) in [4.78, 5) is 24.4. The van der Waals surface area contributed by atoms with Gasteiger partial charge in [0.1, 0.15) is 12.4 Å². The van der Waals surface area contributed by atoms with Gasteiger partial charge in [0.25, 0.3) is 5.91 Å². The third-order valence-electron chi connectivity index (χ3n) is 8.50. The van der Waals surface area contributed by atoms with E-state index >= 15 is 0 Å². The van der Waals surface area contributed by atoms with Crippen LogP contribution < -0.4 is 15.4 Å². The molecule has 0 radical (unpaired) electrons. The number of carbonyl (C=O) groups is 1. The number of amides is 1. The van der Waals surface area contributed by atoms with Crippen molar-refractivity contribution in [2.45, 2.75) is 82.0 Å². The average Bonchev–Trinajstić information content (AvgIpc) is 3.19. The number of nitrogens with zero attached hydrogens (tertiary/aromatic N) is 3. The molecule has 1 aromatic rings. The Balaban J connectivity index is 1.02. The molecule has 2 aliphatic heterocycles. The second-order valence-corrected chi connectivity index (χ2v) is 12.3. The van der Waals surface area contributed by atoms with Crippen LogP contribution in [-0.4, -0.2) is 70.9 Å². The summed E-state index contributed by atoms with van der Waals surface area (Å²) in [7, 11) is 0. The lowest BCUT2D eigenvalue weighted by Gasteiger charge is -2.54. The zero-order valence-corrected chi connectivity index (χ0v) is 22.6. The number of alkyl halides is 3. The van der Waals surface area contributed by atoms with Gasteiger partial charge in [-0.1, -0.05) is 11.8 Å². The fourth-order valence-electron chi connectivity index (χ4n) is 6.14. The minimum absolute atomic E-state index is 0.0331. The SMILES string of the molecule is Cc1ncc(OCC(=O)NC23CCC(CCN4CCC5=C(CC4)SC(OCC(F)(F)F)N5)(CC2)CC3)cn1. The molecule has 1 aromatic heterocycles. The number of ether oxygens (including phenoxy) is 2. The van der Waals surface area contributed by atoms with E-state index in [0.717, 1.165) is 88.0 Å². The molecule has 210 valence electrons. The number of rotatable bonds is 9. The molecule has 2 N–H and O–H groups in total. The monoisotopic (exact) mass is 555 g/mol. The number of aromatic nitrogens is 2. The fourth-order valence-corrected chi connectivity index (χ4v) is 7.25. The van der Waals surface area contributed by atoms with Gasteiger partial charge in [-0.15, -0.1) is 0 Å². The molecule has 2 bridgehead atoms. The molecule has 6 rings (SSSR count). The van der Waals surface area contributed by atoms with Crippen molar-refractivity contribution in [3.05, 3.63) is 28.8 Å². The van der Waals surface area contributed by atoms with Crippen molar-refractivity contribution >= 4 is 17.7 Å². The van der Waals surface area contributed by atoms with E-state index in [4.69, 9.17) is 9.47 Å². The third kappa shape index (κ3) is 6.93. The van der Waals surface area contributed by atoms with Gasteiger partial charge in [0.05, 0.1) is 12.4 Å². The van der Waals surface area contributed by atoms with Gasteiger partial charge < -0.3 is 25.0 Å². The van der Waals surface area contributed by atoms with E-state index in [1.165, 1.54) is 11.8 Å². The summed E-state index contributed by atoms with van der Waals surface area (Å²) < 4.78 is 47.9. The van der Waals surface area contributed by atoms with Gasteiger partial charge in [0.2, 0.25) is 0 Å². The Morgan fingerprint density at radius 3 is 2.53 bits per heavy atom. The quantitative estimate of drug-likeness (QED) is 0.467. The van der Waals surface area contributed by atoms with E-state index in [1.807, 2.05) is 0 Å². The number of carbonyl (C=O) groups excluding carboxylic acids is 1. The predicted molar refractivity (Wildman–Crippen MR) is 137 cm³/mol. The Hall–Kier alpha value is -2.05. The lowest BCUT2D eigenvalue weighted by molar-refractivity contribution is -0.178. The van der Waals surface area contributed by atoms with Crippen molar-refractivity contribution < 1.29 is 27.4 Å². The van der Waals surface area contributed by atoms with Crippen LogP contribution in [-0.2, 0) is 9.53 Å². The van der Waals surface area contributed by atoms with Crippen LogP contribution in [0, 0.1) is 12.3 Å². The van der Waals surface area contributed by atoms with Gasteiger partial charge in [-0.2, -0.15) is 13.2 Å². The van der Waals surface area contributed by atoms with Gasteiger partial charge in [0.15, 0.2) is 17.9 Å². The largest absolute Gasteiger partial charge is 0.481 e. The van der Waals surface area contributed by atoms with Crippen molar-refractivity contribution in [3.8, 4) is 5.75 Å². The van der Waals surface area contributed by atoms with E-state index in [9.17, 15) is 18.0 Å². The Bertz CT molecular complexity index is 991. The lowest BCUT2D eigenvalue weighted by Crippen LogP contribution is -2.57. The number of hydrogen-bond donors (Lipinski definition) is 2. The standard InChI is InChI=1S/C26H36F3N5O3S/c1-18-30-14-19(15-31-18)36-16-22(35)33-25-7-4-24(5-8-25,6-9-25)10-13-34-11-2-20-21(3-12-34)38-23(32-20)37-17-26(27,28)29/h14-15,23,32H,2-13,16-17H2,1H3,(H,33,35). The summed E-state index contributed by atoms with van der Waals surface area (Å²) in [6, 6.07) is 0. The van der Waals surface area contributed by atoms with Gasteiger partial charge in [-0.3, -0.25) is 4.79 Å². The van der Waals surface area contributed by atoms with Crippen molar-refractivity contribution in [1.29, 1.82) is 0 Å².